The fourth-order valence-electron chi connectivity index (χ4n) is 4.56. The molecule has 7 nitrogen and oxygen atoms in total. The standard InChI is InChI=1S/C22H24O7/c1-25-16-6-5-14(9-18(16)27-3)22(24)15-10-19(28-4)17(26-2)8-12(15)7-13-11-29-21(23)20(13)22/h5-6,8-10,13,20,24H,7,11H2,1-4H3/t13-,20+,22+/m1/s1. The number of rotatable bonds is 5. The molecule has 1 aliphatic heterocycles. The van der Waals surface area contributed by atoms with Gasteiger partial charge < -0.3 is 28.8 Å². The topological polar surface area (TPSA) is 83.5 Å². The van der Waals surface area contributed by atoms with E-state index >= 15 is 0 Å². The lowest BCUT2D eigenvalue weighted by Gasteiger charge is -2.41. The average molecular weight is 400 g/mol. The molecule has 2 aliphatic rings. The number of esters is 1. The Balaban J connectivity index is 1.98. The number of aliphatic hydroxyl groups is 1. The van der Waals surface area contributed by atoms with Crippen LogP contribution in [0.15, 0.2) is 30.3 Å². The normalized spacial score (nSPS) is 24.9. The highest BCUT2D eigenvalue weighted by Gasteiger charge is 2.56. The van der Waals surface area contributed by atoms with Crippen molar-refractivity contribution in [3.05, 3.63) is 47.0 Å². The monoisotopic (exact) mass is 400 g/mol. The minimum Gasteiger partial charge on any atom is -0.493 e. The minimum atomic E-state index is -1.61. The van der Waals surface area contributed by atoms with E-state index in [9.17, 15) is 9.90 Å². The van der Waals surface area contributed by atoms with Gasteiger partial charge in [-0.2, -0.15) is 0 Å². The van der Waals surface area contributed by atoms with Crippen LogP contribution in [0.3, 0.4) is 0 Å². The minimum absolute atomic E-state index is 0.147. The molecule has 2 aromatic carbocycles. The first-order valence-corrected chi connectivity index (χ1v) is 9.34. The largest absolute Gasteiger partial charge is 0.493 e. The maximum Gasteiger partial charge on any atom is 0.313 e. The van der Waals surface area contributed by atoms with E-state index in [2.05, 4.69) is 0 Å². The van der Waals surface area contributed by atoms with Crippen molar-refractivity contribution in [1.82, 2.24) is 0 Å². The van der Waals surface area contributed by atoms with Crippen LogP contribution in [-0.4, -0.2) is 46.1 Å². The molecule has 1 fully saturated rings. The van der Waals surface area contributed by atoms with E-state index in [1.807, 2.05) is 6.07 Å². The molecule has 2 aromatic rings. The Morgan fingerprint density at radius 2 is 1.55 bits per heavy atom. The van der Waals surface area contributed by atoms with Crippen molar-refractivity contribution in [3.63, 3.8) is 0 Å². The number of hydrogen-bond donors (Lipinski definition) is 1. The Morgan fingerprint density at radius 3 is 2.21 bits per heavy atom. The predicted molar refractivity (Wildman–Crippen MR) is 104 cm³/mol. The molecule has 29 heavy (non-hydrogen) atoms. The molecule has 1 heterocycles. The summed E-state index contributed by atoms with van der Waals surface area (Å²) in [5.74, 6) is 0.771. The third-order valence-electron chi connectivity index (χ3n) is 5.94. The van der Waals surface area contributed by atoms with Gasteiger partial charge in [0, 0.05) is 5.92 Å². The van der Waals surface area contributed by atoms with Crippen LogP contribution in [0.1, 0.15) is 16.7 Å². The lowest BCUT2D eigenvalue weighted by molar-refractivity contribution is -0.148. The van der Waals surface area contributed by atoms with Gasteiger partial charge >= 0.3 is 5.97 Å². The molecule has 0 aromatic heterocycles. The van der Waals surface area contributed by atoms with Gasteiger partial charge in [-0.25, -0.2) is 0 Å². The van der Waals surface area contributed by atoms with Gasteiger partial charge in [-0.3, -0.25) is 4.79 Å². The summed E-state index contributed by atoms with van der Waals surface area (Å²) in [5.41, 5.74) is 0.407. The number of hydrogen-bond acceptors (Lipinski definition) is 7. The molecule has 4 rings (SSSR count). The maximum atomic E-state index is 12.7. The first-order chi connectivity index (χ1) is 14.0. The molecule has 0 unspecified atom stereocenters. The van der Waals surface area contributed by atoms with Gasteiger partial charge in [-0.15, -0.1) is 0 Å². The van der Waals surface area contributed by atoms with E-state index in [0.29, 0.717) is 40.5 Å². The second kappa shape index (κ2) is 7.15. The van der Waals surface area contributed by atoms with Crippen molar-refractivity contribution >= 4 is 5.97 Å². The first-order valence-electron chi connectivity index (χ1n) is 9.34. The molecule has 1 N–H and O–H groups in total. The molecule has 154 valence electrons. The van der Waals surface area contributed by atoms with Crippen LogP contribution >= 0.6 is 0 Å². The number of carbonyl (C=O) groups is 1. The van der Waals surface area contributed by atoms with Gasteiger partial charge in [-0.1, -0.05) is 6.07 Å². The molecular formula is C22H24O7. The van der Waals surface area contributed by atoms with E-state index in [0.717, 1.165) is 5.56 Å². The van der Waals surface area contributed by atoms with Crippen molar-refractivity contribution in [2.45, 2.75) is 12.0 Å². The second-order valence-electron chi connectivity index (χ2n) is 7.27. The Kier molecular flexibility index (Phi) is 4.78. The summed E-state index contributed by atoms with van der Waals surface area (Å²) in [4.78, 5) is 12.7. The molecule has 3 atom stereocenters. The predicted octanol–water partition coefficient (Wildman–Crippen LogP) is 2.30. The van der Waals surface area contributed by atoms with Crippen molar-refractivity contribution < 1.29 is 33.6 Å². The zero-order valence-corrected chi connectivity index (χ0v) is 16.9. The van der Waals surface area contributed by atoms with E-state index < -0.39 is 17.5 Å². The van der Waals surface area contributed by atoms with Crippen LogP contribution in [0.2, 0.25) is 0 Å². The summed E-state index contributed by atoms with van der Waals surface area (Å²) in [6, 6.07) is 8.77. The highest BCUT2D eigenvalue weighted by atomic mass is 16.5. The Bertz CT molecular complexity index is 954. The number of methoxy groups -OCH3 is 4. The third kappa shape index (κ3) is 2.80. The Morgan fingerprint density at radius 1 is 0.931 bits per heavy atom. The van der Waals surface area contributed by atoms with Crippen LogP contribution in [0.5, 0.6) is 23.0 Å². The van der Waals surface area contributed by atoms with E-state index in [-0.39, 0.29) is 12.5 Å². The second-order valence-corrected chi connectivity index (χ2v) is 7.27. The average Bonchev–Trinajstić information content (AvgIpc) is 3.13. The number of fused-ring (bicyclic) bond motifs is 2. The van der Waals surface area contributed by atoms with E-state index in [1.54, 1.807) is 38.5 Å². The molecule has 1 saturated heterocycles. The molecular weight excluding hydrogens is 376 g/mol. The van der Waals surface area contributed by atoms with E-state index in [1.165, 1.54) is 14.2 Å². The summed E-state index contributed by atoms with van der Waals surface area (Å²) in [7, 11) is 6.18. The number of carbonyl (C=O) groups excluding carboxylic acids is 1. The highest BCUT2D eigenvalue weighted by molar-refractivity contribution is 5.79. The first kappa shape index (κ1) is 19.4. The lowest BCUT2D eigenvalue weighted by Crippen LogP contribution is -2.46. The van der Waals surface area contributed by atoms with Crippen molar-refractivity contribution in [2.75, 3.05) is 35.0 Å². The van der Waals surface area contributed by atoms with Gasteiger partial charge in [-0.05, 0) is 47.4 Å². The zero-order valence-electron chi connectivity index (χ0n) is 16.9. The van der Waals surface area contributed by atoms with Crippen LogP contribution in [0.25, 0.3) is 0 Å². The number of ether oxygens (including phenoxy) is 5. The van der Waals surface area contributed by atoms with Gasteiger partial charge in [0.05, 0.1) is 35.0 Å². The highest BCUT2D eigenvalue weighted by Crippen LogP contribution is 2.52. The molecule has 7 heteroatoms. The summed E-state index contributed by atoms with van der Waals surface area (Å²) < 4.78 is 27.0. The number of benzene rings is 2. The molecule has 0 spiro atoms. The van der Waals surface area contributed by atoms with Gasteiger partial charge in [0.25, 0.3) is 0 Å². The lowest BCUT2D eigenvalue weighted by atomic mass is 9.64. The van der Waals surface area contributed by atoms with Crippen molar-refractivity contribution in [3.8, 4) is 23.0 Å². The quantitative estimate of drug-likeness (QED) is 0.771. The third-order valence-corrected chi connectivity index (χ3v) is 5.94. The molecule has 0 bridgehead atoms. The summed E-state index contributed by atoms with van der Waals surface area (Å²) in [5, 5.41) is 12.1. The Hall–Kier alpha value is -2.93. The molecule has 0 amide bonds. The number of cyclic esters (lactones) is 1. The van der Waals surface area contributed by atoms with Gasteiger partial charge in [0.2, 0.25) is 0 Å². The van der Waals surface area contributed by atoms with E-state index in [4.69, 9.17) is 23.7 Å². The summed E-state index contributed by atoms with van der Waals surface area (Å²) in [6.45, 7) is 0.271. The van der Waals surface area contributed by atoms with Crippen LogP contribution in [-0.2, 0) is 21.6 Å². The Labute approximate surface area is 169 Å². The van der Waals surface area contributed by atoms with Crippen LogP contribution in [0, 0.1) is 11.8 Å². The maximum absolute atomic E-state index is 12.7. The molecule has 0 radical (unpaired) electrons. The van der Waals surface area contributed by atoms with Crippen molar-refractivity contribution in [1.29, 1.82) is 0 Å². The van der Waals surface area contributed by atoms with Crippen molar-refractivity contribution in [2.24, 2.45) is 11.8 Å². The summed E-state index contributed by atoms with van der Waals surface area (Å²) in [6.07, 6.45) is 0.599. The zero-order chi connectivity index (χ0) is 20.8. The molecule has 0 saturated carbocycles. The molecule has 1 aliphatic carbocycles. The SMILES string of the molecule is COc1ccc([C@]2(O)c3cc(OC)c(OC)cc3C[C@@H]3COC(=O)[C@H]32)cc1OC. The van der Waals surface area contributed by atoms with Crippen LogP contribution < -0.4 is 18.9 Å². The smallest absolute Gasteiger partial charge is 0.313 e. The fourth-order valence-corrected chi connectivity index (χ4v) is 4.56. The van der Waals surface area contributed by atoms with Crippen LogP contribution in [0.4, 0.5) is 0 Å². The summed E-state index contributed by atoms with van der Waals surface area (Å²) >= 11 is 0. The van der Waals surface area contributed by atoms with Gasteiger partial charge in [0.15, 0.2) is 23.0 Å². The van der Waals surface area contributed by atoms with Gasteiger partial charge in [0.1, 0.15) is 11.5 Å². The fraction of sp³-hybridized carbons (Fsp3) is 0.409.